The number of rotatable bonds is 12. The van der Waals surface area contributed by atoms with Crippen molar-refractivity contribution in [1.82, 2.24) is 0 Å². The maximum Gasteiger partial charge on any atom is 0.305 e. The molecule has 0 aliphatic rings. The van der Waals surface area contributed by atoms with E-state index in [1.54, 1.807) is 6.08 Å². The molecule has 0 amide bonds. The van der Waals surface area contributed by atoms with E-state index in [4.69, 9.17) is 5.11 Å². The number of hydrogen-bond acceptors (Lipinski definition) is 3. The largest absolute Gasteiger partial charge is 0.469 e. The number of methoxy groups -OCH3 is 1. The molecule has 0 bridgehead atoms. The Bertz CT molecular complexity index is 257. The number of carbonyl (C=O) groups excluding carboxylic acids is 1. The number of hydrogen-bond donors (Lipinski definition) is 1. The molecule has 0 aromatic heterocycles. The fourth-order valence-corrected chi connectivity index (χ4v) is 1.80. The maximum absolute atomic E-state index is 10.9. The average molecular weight is 268 g/mol. The molecule has 0 aromatic carbocycles. The Morgan fingerprint density at radius 1 is 0.947 bits per heavy atom. The average Bonchev–Trinajstić information content (AvgIpc) is 2.43. The third-order valence-electron chi connectivity index (χ3n) is 2.94. The van der Waals surface area contributed by atoms with Crippen LogP contribution in [0.4, 0.5) is 0 Å². The van der Waals surface area contributed by atoms with E-state index in [-0.39, 0.29) is 12.6 Å². The van der Waals surface area contributed by atoms with E-state index in [1.165, 1.54) is 32.8 Å². The molecule has 0 unspecified atom stereocenters. The Hall–Kier alpha value is -1.09. The summed E-state index contributed by atoms with van der Waals surface area (Å²) in [5.74, 6) is -0.0969. The number of unbranched alkanes of at least 4 members (excludes halogenated alkanes) is 6. The highest BCUT2D eigenvalue weighted by atomic mass is 16.5. The molecule has 0 heterocycles. The van der Waals surface area contributed by atoms with E-state index in [2.05, 4.69) is 16.9 Å². The van der Waals surface area contributed by atoms with Crippen molar-refractivity contribution in [2.24, 2.45) is 0 Å². The van der Waals surface area contributed by atoms with Crippen molar-refractivity contribution in [3.05, 3.63) is 24.3 Å². The number of esters is 1. The van der Waals surface area contributed by atoms with E-state index < -0.39 is 0 Å². The smallest absolute Gasteiger partial charge is 0.305 e. The van der Waals surface area contributed by atoms with E-state index in [1.807, 2.05) is 6.08 Å². The van der Waals surface area contributed by atoms with Gasteiger partial charge in [-0.3, -0.25) is 4.79 Å². The molecular formula is C16H28O3. The summed E-state index contributed by atoms with van der Waals surface area (Å²) in [6.45, 7) is 0.129. The Labute approximate surface area is 117 Å². The molecule has 0 rings (SSSR count). The van der Waals surface area contributed by atoms with Gasteiger partial charge in [-0.25, -0.2) is 0 Å². The Morgan fingerprint density at radius 2 is 1.58 bits per heavy atom. The number of aliphatic hydroxyl groups excluding tert-OH is 1. The van der Waals surface area contributed by atoms with E-state index in [9.17, 15) is 4.79 Å². The molecule has 19 heavy (non-hydrogen) atoms. The Morgan fingerprint density at radius 3 is 2.26 bits per heavy atom. The van der Waals surface area contributed by atoms with Gasteiger partial charge in [-0.1, -0.05) is 50.0 Å². The second kappa shape index (κ2) is 15.0. The summed E-state index contributed by atoms with van der Waals surface area (Å²) in [5.41, 5.74) is 0. The lowest BCUT2D eigenvalue weighted by Crippen LogP contribution is -1.99. The first-order valence-corrected chi connectivity index (χ1v) is 7.29. The molecule has 0 aliphatic heterocycles. The molecule has 0 fully saturated rings. The standard InChI is InChI=1S/C16H28O3/c1-19-16(18)14-12-10-8-6-4-2-3-5-7-9-11-13-15-17/h5,7,11,13,17H,2-4,6,8-10,12,14-15H2,1H3. The molecule has 110 valence electrons. The minimum atomic E-state index is -0.0969. The van der Waals surface area contributed by atoms with E-state index >= 15 is 0 Å². The predicted octanol–water partition coefficient (Wildman–Crippen LogP) is 3.78. The maximum atomic E-state index is 10.9. The van der Waals surface area contributed by atoms with Crippen molar-refractivity contribution >= 4 is 5.97 Å². The van der Waals surface area contributed by atoms with Crippen molar-refractivity contribution in [2.45, 2.75) is 57.8 Å². The molecule has 3 heteroatoms. The van der Waals surface area contributed by atoms with Crippen LogP contribution in [0.25, 0.3) is 0 Å². The summed E-state index contributed by atoms with van der Waals surface area (Å²) in [5, 5.41) is 8.54. The minimum Gasteiger partial charge on any atom is -0.469 e. The zero-order chi connectivity index (χ0) is 14.2. The monoisotopic (exact) mass is 268 g/mol. The lowest BCUT2D eigenvalue weighted by molar-refractivity contribution is -0.140. The lowest BCUT2D eigenvalue weighted by atomic mass is 10.1. The number of aliphatic hydroxyl groups is 1. The van der Waals surface area contributed by atoms with Gasteiger partial charge in [0.2, 0.25) is 0 Å². The number of ether oxygens (including phenoxy) is 1. The fraction of sp³-hybridized carbons (Fsp3) is 0.688. The van der Waals surface area contributed by atoms with Gasteiger partial charge in [0, 0.05) is 6.42 Å². The van der Waals surface area contributed by atoms with Crippen LogP contribution in [-0.4, -0.2) is 24.8 Å². The molecule has 0 radical (unpaired) electrons. The predicted molar refractivity (Wildman–Crippen MR) is 78.9 cm³/mol. The van der Waals surface area contributed by atoms with E-state index in [0.29, 0.717) is 6.42 Å². The van der Waals surface area contributed by atoms with Crippen LogP contribution in [-0.2, 0) is 9.53 Å². The zero-order valence-electron chi connectivity index (χ0n) is 12.1. The first kappa shape index (κ1) is 17.9. The van der Waals surface area contributed by atoms with Gasteiger partial charge in [-0.15, -0.1) is 0 Å². The van der Waals surface area contributed by atoms with Crippen LogP contribution < -0.4 is 0 Å². The van der Waals surface area contributed by atoms with Crippen LogP contribution in [0.15, 0.2) is 24.3 Å². The Kier molecular flexibility index (Phi) is 14.1. The molecule has 1 N–H and O–H groups in total. The molecular weight excluding hydrogens is 240 g/mol. The van der Waals surface area contributed by atoms with Crippen molar-refractivity contribution < 1.29 is 14.6 Å². The van der Waals surface area contributed by atoms with Crippen molar-refractivity contribution in [1.29, 1.82) is 0 Å². The van der Waals surface area contributed by atoms with Gasteiger partial charge in [0.25, 0.3) is 0 Å². The molecule has 3 nitrogen and oxygen atoms in total. The summed E-state index contributed by atoms with van der Waals surface area (Å²) >= 11 is 0. The summed E-state index contributed by atoms with van der Waals surface area (Å²) < 4.78 is 4.59. The second-order valence-corrected chi connectivity index (χ2v) is 4.60. The van der Waals surface area contributed by atoms with Gasteiger partial charge in [-0.05, 0) is 25.7 Å². The van der Waals surface area contributed by atoms with Crippen LogP contribution in [0.2, 0.25) is 0 Å². The molecule has 0 spiro atoms. The molecule has 0 atom stereocenters. The van der Waals surface area contributed by atoms with Crippen molar-refractivity contribution in [2.75, 3.05) is 13.7 Å². The van der Waals surface area contributed by atoms with Gasteiger partial charge < -0.3 is 9.84 Å². The highest BCUT2D eigenvalue weighted by molar-refractivity contribution is 5.68. The Balaban J connectivity index is 3.14. The molecule has 0 saturated carbocycles. The minimum absolute atomic E-state index is 0.0969. The highest BCUT2D eigenvalue weighted by Crippen LogP contribution is 2.09. The quantitative estimate of drug-likeness (QED) is 0.333. The lowest BCUT2D eigenvalue weighted by Gasteiger charge is -2.00. The number of allylic oxidation sites excluding steroid dienone is 3. The zero-order valence-corrected chi connectivity index (χ0v) is 12.1. The van der Waals surface area contributed by atoms with Crippen molar-refractivity contribution in [3.63, 3.8) is 0 Å². The third-order valence-corrected chi connectivity index (χ3v) is 2.94. The first-order valence-electron chi connectivity index (χ1n) is 7.29. The second-order valence-electron chi connectivity index (χ2n) is 4.60. The summed E-state index contributed by atoms with van der Waals surface area (Å²) in [6.07, 6.45) is 17.7. The summed E-state index contributed by atoms with van der Waals surface area (Å²) in [7, 11) is 1.44. The molecule has 0 aliphatic carbocycles. The van der Waals surface area contributed by atoms with Crippen LogP contribution in [0.3, 0.4) is 0 Å². The fourth-order valence-electron chi connectivity index (χ4n) is 1.80. The normalized spacial score (nSPS) is 11.5. The topological polar surface area (TPSA) is 46.5 Å². The van der Waals surface area contributed by atoms with Gasteiger partial charge in [0.15, 0.2) is 0 Å². The van der Waals surface area contributed by atoms with Crippen LogP contribution in [0.1, 0.15) is 57.8 Å². The highest BCUT2D eigenvalue weighted by Gasteiger charge is 1.98. The summed E-state index contributed by atoms with van der Waals surface area (Å²) in [6, 6.07) is 0. The summed E-state index contributed by atoms with van der Waals surface area (Å²) in [4.78, 5) is 10.9. The van der Waals surface area contributed by atoms with Gasteiger partial charge >= 0.3 is 5.97 Å². The van der Waals surface area contributed by atoms with Crippen molar-refractivity contribution in [3.8, 4) is 0 Å². The molecule has 0 saturated heterocycles. The van der Waals surface area contributed by atoms with E-state index in [0.717, 1.165) is 25.7 Å². The van der Waals surface area contributed by atoms with Crippen LogP contribution >= 0.6 is 0 Å². The van der Waals surface area contributed by atoms with Crippen LogP contribution in [0.5, 0.6) is 0 Å². The third kappa shape index (κ3) is 14.9. The first-order chi connectivity index (χ1) is 9.31. The number of carbonyl (C=O) groups is 1. The SMILES string of the molecule is COC(=O)CCCCCCCCC=CCC=CCO. The van der Waals surface area contributed by atoms with Gasteiger partial charge in [0.05, 0.1) is 13.7 Å². The van der Waals surface area contributed by atoms with Gasteiger partial charge in [-0.2, -0.15) is 0 Å². The van der Waals surface area contributed by atoms with Gasteiger partial charge in [0.1, 0.15) is 0 Å². The molecule has 0 aromatic rings. The van der Waals surface area contributed by atoms with Crippen LogP contribution in [0, 0.1) is 0 Å².